The van der Waals surface area contributed by atoms with Crippen LogP contribution in [-0.4, -0.2) is 24.6 Å². The Labute approximate surface area is 157 Å². The molecule has 4 rings (SSSR count). The van der Waals surface area contributed by atoms with E-state index in [1.165, 1.54) is 7.11 Å². The molecule has 1 spiro atoms. The van der Waals surface area contributed by atoms with E-state index in [-0.39, 0.29) is 11.6 Å². The van der Waals surface area contributed by atoms with E-state index in [2.05, 4.69) is 5.32 Å². The molecule has 27 heavy (non-hydrogen) atoms. The van der Waals surface area contributed by atoms with Gasteiger partial charge in [-0.25, -0.2) is 4.79 Å². The van der Waals surface area contributed by atoms with E-state index < -0.39 is 17.4 Å². The molecule has 1 saturated carbocycles. The molecule has 0 radical (unpaired) electrons. The Hall–Kier alpha value is -2.95. The fourth-order valence-corrected chi connectivity index (χ4v) is 4.38. The molecule has 2 aromatic carbocycles. The average Bonchev–Trinajstić information content (AvgIpc) is 2.94. The number of methoxy groups -OCH3 is 1. The molecule has 5 heteroatoms. The van der Waals surface area contributed by atoms with E-state index in [1.54, 1.807) is 24.3 Å². The topological polar surface area (TPSA) is 72.5 Å². The largest absolute Gasteiger partial charge is 0.465 e. The molecule has 2 aromatic rings. The number of ketones is 2. The number of Topliss-reactive ketones (excluding diaryl/α,β-unsaturated/α-hetero) is 2. The van der Waals surface area contributed by atoms with Gasteiger partial charge in [0.25, 0.3) is 0 Å². The molecule has 0 aliphatic heterocycles. The Kier molecular flexibility index (Phi) is 4.30. The summed E-state index contributed by atoms with van der Waals surface area (Å²) in [7, 11) is 1.34. The van der Waals surface area contributed by atoms with Gasteiger partial charge in [-0.05, 0) is 42.7 Å². The van der Waals surface area contributed by atoms with Gasteiger partial charge in [-0.3, -0.25) is 9.59 Å². The van der Waals surface area contributed by atoms with Crippen LogP contribution in [0.15, 0.2) is 48.5 Å². The van der Waals surface area contributed by atoms with Gasteiger partial charge in [0.15, 0.2) is 5.78 Å². The lowest BCUT2D eigenvalue weighted by atomic mass is 9.67. The summed E-state index contributed by atoms with van der Waals surface area (Å²) in [6.45, 7) is 0. The Bertz CT molecular complexity index is 918. The number of anilines is 1. The molecule has 0 unspecified atom stereocenters. The van der Waals surface area contributed by atoms with Crippen molar-refractivity contribution >= 4 is 23.2 Å². The van der Waals surface area contributed by atoms with Crippen LogP contribution < -0.4 is 5.32 Å². The number of carbonyl (C=O) groups is 3. The number of hydrogen-bond donors (Lipinski definition) is 1. The molecule has 0 amide bonds. The predicted molar refractivity (Wildman–Crippen MR) is 101 cm³/mol. The first-order valence-electron chi connectivity index (χ1n) is 9.20. The van der Waals surface area contributed by atoms with Crippen LogP contribution in [0.1, 0.15) is 58.0 Å². The van der Waals surface area contributed by atoms with Gasteiger partial charge in [0.1, 0.15) is 11.2 Å². The lowest BCUT2D eigenvalue weighted by molar-refractivity contribution is -0.129. The van der Waals surface area contributed by atoms with Gasteiger partial charge in [0, 0.05) is 17.7 Å². The molecule has 0 saturated heterocycles. The highest BCUT2D eigenvalue weighted by atomic mass is 16.5. The van der Waals surface area contributed by atoms with Crippen LogP contribution >= 0.6 is 0 Å². The maximum Gasteiger partial charge on any atom is 0.337 e. The minimum Gasteiger partial charge on any atom is -0.465 e. The highest BCUT2D eigenvalue weighted by molar-refractivity contribution is 6.19. The summed E-state index contributed by atoms with van der Waals surface area (Å²) in [6.07, 6.45) is 2.71. The molecular weight excluding hydrogens is 342 g/mol. The van der Waals surface area contributed by atoms with Gasteiger partial charge >= 0.3 is 5.97 Å². The standard InChI is InChI=1S/C22H21NO4/c1-27-21(26)14-9-11-15(12-10-14)23-19-16-6-2-3-7-17(16)20(25)22(19)13-5-4-8-18(22)24/h2-3,6-7,9-12,19,23H,4-5,8,13H2,1H3/t19-,22-/m1/s1. The third kappa shape index (κ3) is 2.65. The highest BCUT2D eigenvalue weighted by Crippen LogP contribution is 2.53. The zero-order valence-electron chi connectivity index (χ0n) is 15.2. The molecule has 0 aromatic heterocycles. The van der Waals surface area contributed by atoms with Crippen molar-refractivity contribution in [1.29, 1.82) is 0 Å². The second-order valence-corrected chi connectivity index (χ2v) is 7.16. The van der Waals surface area contributed by atoms with Crippen molar-refractivity contribution in [3.63, 3.8) is 0 Å². The molecule has 1 fully saturated rings. The Morgan fingerprint density at radius 3 is 2.52 bits per heavy atom. The van der Waals surface area contributed by atoms with E-state index in [1.807, 2.05) is 24.3 Å². The molecule has 138 valence electrons. The van der Waals surface area contributed by atoms with Crippen LogP contribution in [0.25, 0.3) is 0 Å². The van der Waals surface area contributed by atoms with Gasteiger partial charge in [-0.15, -0.1) is 0 Å². The first-order valence-corrected chi connectivity index (χ1v) is 9.20. The Morgan fingerprint density at radius 2 is 1.81 bits per heavy atom. The number of rotatable bonds is 3. The normalized spacial score (nSPS) is 24.0. The van der Waals surface area contributed by atoms with Crippen molar-refractivity contribution in [1.82, 2.24) is 0 Å². The summed E-state index contributed by atoms with van der Waals surface area (Å²) >= 11 is 0. The summed E-state index contributed by atoms with van der Waals surface area (Å²) < 4.78 is 4.73. The van der Waals surface area contributed by atoms with Gasteiger partial charge in [-0.1, -0.05) is 30.7 Å². The summed E-state index contributed by atoms with van der Waals surface area (Å²) in [6, 6.07) is 14.0. The molecule has 5 nitrogen and oxygen atoms in total. The Morgan fingerprint density at radius 1 is 1.07 bits per heavy atom. The van der Waals surface area contributed by atoms with Gasteiger partial charge < -0.3 is 10.1 Å². The van der Waals surface area contributed by atoms with Crippen molar-refractivity contribution in [2.75, 3.05) is 12.4 Å². The van der Waals surface area contributed by atoms with Gasteiger partial charge in [-0.2, -0.15) is 0 Å². The van der Waals surface area contributed by atoms with E-state index in [4.69, 9.17) is 4.74 Å². The molecule has 0 heterocycles. The number of nitrogens with one attached hydrogen (secondary N) is 1. The molecule has 2 atom stereocenters. The van der Waals surface area contributed by atoms with Crippen molar-refractivity contribution in [3.05, 3.63) is 65.2 Å². The van der Waals surface area contributed by atoms with E-state index in [0.29, 0.717) is 24.0 Å². The number of fused-ring (bicyclic) bond motifs is 1. The number of benzene rings is 2. The third-order valence-corrected chi connectivity index (χ3v) is 5.75. The highest BCUT2D eigenvalue weighted by Gasteiger charge is 2.58. The average molecular weight is 363 g/mol. The molecular formula is C22H21NO4. The summed E-state index contributed by atoms with van der Waals surface area (Å²) in [5.74, 6) is -0.438. The van der Waals surface area contributed by atoms with Crippen LogP contribution in [0.3, 0.4) is 0 Å². The molecule has 1 N–H and O–H groups in total. The first kappa shape index (κ1) is 17.5. The monoisotopic (exact) mass is 363 g/mol. The minimum absolute atomic E-state index is 0.0265. The van der Waals surface area contributed by atoms with Crippen LogP contribution in [-0.2, 0) is 9.53 Å². The van der Waals surface area contributed by atoms with Crippen molar-refractivity contribution in [2.45, 2.75) is 31.7 Å². The van der Waals surface area contributed by atoms with Crippen molar-refractivity contribution < 1.29 is 19.1 Å². The Balaban J connectivity index is 1.73. The maximum atomic E-state index is 13.2. The van der Waals surface area contributed by atoms with Crippen molar-refractivity contribution in [3.8, 4) is 0 Å². The van der Waals surface area contributed by atoms with Gasteiger partial charge in [0.2, 0.25) is 0 Å². The molecule has 0 bridgehead atoms. The molecule has 2 aliphatic carbocycles. The van der Waals surface area contributed by atoms with Crippen LogP contribution in [0, 0.1) is 5.41 Å². The predicted octanol–water partition coefficient (Wildman–Crippen LogP) is 3.95. The van der Waals surface area contributed by atoms with E-state index in [0.717, 1.165) is 24.1 Å². The van der Waals surface area contributed by atoms with Gasteiger partial charge in [0.05, 0.1) is 18.7 Å². The third-order valence-electron chi connectivity index (χ3n) is 5.75. The fourth-order valence-electron chi connectivity index (χ4n) is 4.38. The van der Waals surface area contributed by atoms with E-state index in [9.17, 15) is 14.4 Å². The number of carbonyl (C=O) groups excluding carboxylic acids is 3. The first-order chi connectivity index (χ1) is 13.1. The zero-order valence-corrected chi connectivity index (χ0v) is 15.2. The van der Waals surface area contributed by atoms with E-state index >= 15 is 0 Å². The quantitative estimate of drug-likeness (QED) is 0.660. The number of ether oxygens (including phenoxy) is 1. The maximum absolute atomic E-state index is 13.2. The summed E-state index contributed by atoms with van der Waals surface area (Å²) in [4.78, 5) is 37.8. The second kappa shape index (κ2) is 6.65. The SMILES string of the molecule is COC(=O)c1ccc(N[C@@H]2c3ccccc3C(=O)[C@@]23CCCCC3=O)cc1. The fraction of sp³-hybridized carbons (Fsp3) is 0.318. The second-order valence-electron chi connectivity index (χ2n) is 7.16. The zero-order chi connectivity index (χ0) is 19.0. The minimum atomic E-state index is -1.02. The van der Waals surface area contributed by atoms with Crippen LogP contribution in [0.2, 0.25) is 0 Å². The molecule has 2 aliphatic rings. The number of hydrogen-bond acceptors (Lipinski definition) is 5. The lowest BCUT2D eigenvalue weighted by Gasteiger charge is -2.37. The van der Waals surface area contributed by atoms with Crippen molar-refractivity contribution in [2.24, 2.45) is 5.41 Å². The number of esters is 1. The smallest absolute Gasteiger partial charge is 0.337 e. The summed E-state index contributed by atoms with van der Waals surface area (Å²) in [5.41, 5.74) is 1.69. The van der Waals surface area contributed by atoms with Crippen LogP contribution in [0.4, 0.5) is 5.69 Å². The van der Waals surface area contributed by atoms with Crippen LogP contribution in [0.5, 0.6) is 0 Å². The summed E-state index contributed by atoms with van der Waals surface area (Å²) in [5, 5.41) is 3.41. The lowest BCUT2D eigenvalue weighted by Crippen LogP contribution is -2.44.